The van der Waals surface area contributed by atoms with Crippen molar-refractivity contribution in [3.63, 3.8) is 0 Å². The largest absolute Gasteiger partial charge is 0.481 e. The number of benzene rings is 2. The third-order valence-electron chi connectivity index (χ3n) is 4.27. The molecule has 0 aliphatic heterocycles. The molecule has 0 fully saturated rings. The van der Waals surface area contributed by atoms with Gasteiger partial charge in [0, 0.05) is 6.42 Å². The molecule has 0 radical (unpaired) electrons. The molecule has 1 amide bonds. The predicted molar refractivity (Wildman–Crippen MR) is 93.6 cm³/mol. The van der Waals surface area contributed by atoms with Crippen molar-refractivity contribution in [2.75, 3.05) is 0 Å². The zero-order chi connectivity index (χ0) is 18.4. The molecular formula is C20H22FNO3. The molecule has 0 heterocycles. The van der Waals surface area contributed by atoms with E-state index in [0.717, 1.165) is 11.1 Å². The average molecular weight is 343 g/mol. The summed E-state index contributed by atoms with van der Waals surface area (Å²) in [4.78, 5) is 23.8. The van der Waals surface area contributed by atoms with Crippen molar-refractivity contribution in [3.8, 4) is 0 Å². The standard InChI is InChI=1S/C20H22FNO3/c1-13(16-9-6-10-17(21)12-16)11-18(23)22-19(14(2)20(24)25)15-7-4-3-5-8-15/h3-10,12-14,19H,11H2,1-2H3,(H,22,23)(H,24,25). The highest BCUT2D eigenvalue weighted by atomic mass is 19.1. The van der Waals surface area contributed by atoms with E-state index in [0.29, 0.717) is 0 Å². The van der Waals surface area contributed by atoms with Crippen LogP contribution in [0.25, 0.3) is 0 Å². The monoisotopic (exact) mass is 343 g/mol. The van der Waals surface area contributed by atoms with Gasteiger partial charge in [-0.1, -0.05) is 49.4 Å². The number of carbonyl (C=O) groups excluding carboxylic acids is 1. The van der Waals surface area contributed by atoms with Crippen LogP contribution in [0, 0.1) is 11.7 Å². The second-order valence-corrected chi connectivity index (χ2v) is 6.24. The summed E-state index contributed by atoms with van der Waals surface area (Å²) in [6, 6.07) is 14.6. The predicted octanol–water partition coefficient (Wildman–Crippen LogP) is 3.90. The Balaban J connectivity index is 2.10. The van der Waals surface area contributed by atoms with Crippen molar-refractivity contribution in [1.29, 1.82) is 0 Å². The zero-order valence-corrected chi connectivity index (χ0v) is 14.3. The Bertz CT molecular complexity index is 733. The van der Waals surface area contributed by atoms with Gasteiger partial charge >= 0.3 is 5.97 Å². The molecule has 2 aromatic rings. The van der Waals surface area contributed by atoms with Gasteiger partial charge in [0.1, 0.15) is 5.82 Å². The molecule has 2 aromatic carbocycles. The summed E-state index contributed by atoms with van der Waals surface area (Å²) in [6.45, 7) is 3.41. The molecule has 132 valence electrons. The highest BCUT2D eigenvalue weighted by Crippen LogP contribution is 2.24. The zero-order valence-electron chi connectivity index (χ0n) is 14.3. The van der Waals surface area contributed by atoms with Crippen molar-refractivity contribution in [2.45, 2.75) is 32.2 Å². The first-order valence-electron chi connectivity index (χ1n) is 8.21. The number of hydrogen-bond donors (Lipinski definition) is 2. The Kier molecular flexibility index (Phi) is 6.28. The van der Waals surface area contributed by atoms with Gasteiger partial charge in [-0.25, -0.2) is 4.39 Å². The maximum Gasteiger partial charge on any atom is 0.308 e. The number of hydrogen-bond acceptors (Lipinski definition) is 2. The van der Waals surface area contributed by atoms with Crippen LogP contribution in [-0.4, -0.2) is 17.0 Å². The highest BCUT2D eigenvalue weighted by Gasteiger charge is 2.27. The third kappa shape index (κ3) is 5.14. The summed E-state index contributed by atoms with van der Waals surface area (Å²) < 4.78 is 13.3. The summed E-state index contributed by atoms with van der Waals surface area (Å²) in [5.41, 5.74) is 1.47. The molecule has 5 heteroatoms. The first-order valence-corrected chi connectivity index (χ1v) is 8.21. The molecule has 0 aliphatic carbocycles. The van der Waals surface area contributed by atoms with Gasteiger partial charge in [0.05, 0.1) is 12.0 Å². The third-order valence-corrected chi connectivity index (χ3v) is 4.27. The molecule has 0 bridgehead atoms. The molecule has 0 aromatic heterocycles. The number of aliphatic carboxylic acids is 1. The van der Waals surface area contributed by atoms with Crippen LogP contribution in [0.5, 0.6) is 0 Å². The van der Waals surface area contributed by atoms with E-state index in [-0.39, 0.29) is 24.1 Å². The fourth-order valence-corrected chi connectivity index (χ4v) is 2.74. The van der Waals surface area contributed by atoms with Crippen LogP contribution in [0.1, 0.15) is 43.4 Å². The van der Waals surface area contributed by atoms with E-state index in [1.54, 1.807) is 43.3 Å². The minimum Gasteiger partial charge on any atom is -0.481 e. The van der Waals surface area contributed by atoms with Gasteiger partial charge in [-0.05, 0) is 36.1 Å². The van der Waals surface area contributed by atoms with Crippen LogP contribution in [-0.2, 0) is 9.59 Å². The number of carboxylic acids is 1. The van der Waals surface area contributed by atoms with Gasteiger partial charge in [0.25, 0.3) is 0 Å². The average Bonchev–Trinajstić information content (AvgIpc) is 2.59. The lowest BCUT2D eigenvalue weighted by molar-refractivity contribution is -0.142. The molecule has 3 unspecified atom stereocenters. The van der Waals surface area contributed by atoms with Gasteiger partial charge in [0.2, 0.25) is 5.91 Å². The quantitative estimate of drug-likeness (QED) is 0.801. The molecule has 4 nitrogen and oxygen atoms in total. The normalized spacial score (nSPS) is 14.4. The van der Waals surface area contributed by atoms with E-state index in [1.165, 1.54) is 12.1 Å². The maximum atomic E-state index is 13.3. The first kappa shape index (κ1) is 18.6. The summed E-state index contributed by atoms with van der Waals surface area (Å²) >= 11 is 0. The van der Waals surface area contributed by atoms with Crippen molar-refractivity contribution in [3.05, 3.63) is 71.5 Å². The van der Waals surface area contributed by atoms with Gasteiger partial charge in [-0.2, -0.15) is 0 Å². The molecule has 2 N–H and O–H groups in total. The van der Waals surface area contributed by atoms with E-state index < -0.39 is 17.9 Å². The first-order chi connectivity index (χ1) is 11.9. The number of carboxylic acid groups (broad SMARTS) is 1. The highest BCUT2D eigenvalue weighted by molar-refractivity contribution is 5.79. The molecule has 3 atom stereocenters. The summed E-state index contributed by atoms with van der Waals surface area (Å²) in [5.74, 6) is -2.53. The Morgan fingerprint density at radius 2 is 1.68 bits per heavy atom. The lowest BCUT2D eigenvalue weighted by atomic mass is 9.93. The summed E-state index contributed by atoms with van der Waals surface area (Å²) in [7, 11) is 0. The number of nitrogens with one attached hydrogen (secondary N) is 1. The lowest BCUT2D eigenvalue weighted by Crippen LogP contribution is -2.36. The van der Waals surface area contributed by atoms with Gasteiger partial charge in [-0.3, -0.25) is 9.59 Å². The maximum absolute atomic E-state index is 13.3. The number of halogens is 1. The minimum atomic E-state index is -0.979. The van der Waals surface area contributed by atoms with E-state index in [9.17, 15) is 19.1 Å². The molecule has 0 saturated heterocycles. The van der Waals surface area contributed by atoms with E-state index in [4.69, 9.17) is 0 Å². The molecule has 25 heavy (non-hydrogen) atoms. The van der Waals surface area contributed by atoms with Crippen molar-refractivity contribution in [1.82, 2.24) is 5.32 Å². The van der Waals surface area contributed by atoms with Crippen molar-refractivity contribution in [2.24, 2.45) is 5.92 Å². The fourth-order valence-electron chi connectivity index (χ4n) is 2.74. The smallest absolute Gasteiger partial charge is 0.308 e. The fraction of sp³-hybridized carbons (Fsp3) is 0.300. The van der Waals surface area contributed by atoms with E-state index >= 15 is 0 Å². The van der Waals surface area contributed by atoms with Crippen LogP contribution in [0.2, 0.25) is 0 Å². The van der Waals surface area contributed by atoms with Crippen LogP contribution >= 0.6 is 0 Å². The second-order valence-electron chi connectivity index (χ2n) is 6.24. The Labute approximate surface area is 146 Å². The van der Waals surface area contributed by atoms with Gasteiger partial charge in [0.15, 0.2) is 0 Å². The Morgan fingerprint density at radius 3 is 2.28 bits per heavy atom. The SMILES string of the molecule is CC(CC(=O)NC(c1ccccc1)C(C)C(=O)O)c1cccc(F)c1. The van der Waals surface area contributed by atoms with Crippen molar-refractivity contribution < 1.29 is 19.1 Å². The summed E-state index contributed by atoms with van der Waals surface area (Å²) in [6.07, 6.45) is 0.152. The molecule has 0 aliphatic rings. The Hall–Kier alpha value is -2.69. The van der Waals surface area contributed by atoms with Crippen LogP contribution in [0.3, 0.4) is 0 Å². The molecule has 0 spiro atoms. The number of amides is 1. The van der Waals surface area contributed by atoms with E-state index in [1.807, 2.05) is 13.0 Å². The minimum absolute atomic E-state index is 0.152. The molecule has 2 rings (SSSR count). The summed E-state index contributed by atoms with van der Waals surface area (Å²) in [5, 5.41) is 12.1. The van der Waals surface area contributed by atoms with Gasteiger partial charge < -0.3 is 10.4 Å². The number of carbonyl (C=O) groups is 2. The van der Waals surface area contributed by atoms with Gasteiger partial charge in [-0.15, -0.1) is 0 Å². The Morgan fingerprint density at radius 1 is 1.04 bits per heavy atom. The van der Waals surface area contributed by atoms with Crippen LogP contribution in [0.4, 0.5) is 4.39 Å². The van der Waals surface area contributed by atoms with E-state index in [2.05, 4.69) is 5.32 Å². The van der Waals surface area contributed by atoms with Crippen LogP contribution in [0.15, 0.2) is 54.6 Å². The lowest BCUT2D eigenvalue weighted by Gasteiger charge is -2.24. The van der Waals surface area contributed by atoms with Crippen molar-refractivity contribution >= 4 is 11.9 Å². The topological polar surface area (TPSA) is 66.4 Å². The molecular weight excluding hydrogens is 321 g/mol. The number of rotatable bonds is 7. The van der Waals surface area contributed by atoms with Crippen LogP contribution < -0.4 is 5.32 Å². The molecule has 0 saturated carbocycles. The second kappa shape index (κ2) is 8.42.